The Morgan fingerprint density at radius 3 is 2.25 bits per heavy atom. The lowest BCUT2D eigenvalue weighted by Crippen LogP contribution is -1.90. The molecule has 0 radical (unpaired) electrons. The van der Waals surface area contributed by atoms with E-state index >= 15 is 0 Å². The third-order valence-electron chi connectivity index (χ3n) is 1.66. The fraction of sp³-hybridized carbons (Fsp3) is 0.714. The first-order valence-electron chi connectivity index (χ1n) is 3.15. The highest BCUT2D eigenvalue weighted by atomic mass is 35.5. The van der Waals surface area contributed by atoms with Crippen LogP contribution in [-0.4, -0.2) is 0 Å². The van der Waals surface area contributed by atoms with E-state index in [0.29, 0.717) is 0 Å². The van der Waals surface area contributed by atoms with Crippen LogP contribution in [0.4, 0.5) is 0 Å². The molecule has 0 aromatic rings. The molecule has 0 bridgehead atoms. The fourth-order valence-corrected chi connectivity index (χ4v) is 1.25. The van der Waals surface area contributed by atoms with Crippen molar-refractivity contribution >= 4 is 11.6 Å². The molecule has 0 aromatic heterocycles. The largest absolute Gasteiger partial charge is 0.0892 e. The van der Waals surface area contributed by atoms with Gasteiger partial charge in [-0.15, -0.1) is 0 Å². The standard InChI is InChI=1S/C7H11Cl/c1-6-4-2-3-5-7(6)8/h2-5H2,1H3. The molecule has 0 unspecified atom stereocenters. The van der Waals surface area contributed by atoms with Crippen LogP contribution in [0.5, 0.6) is 0 Å². The molecule has 0 amide bonds. The molecular weight excluding hydrogens is 120 g/mol. The van der Waals surface area contributed by atoms with Crippen LogP contribution in [-0.2, 0) is 0 Å². The number of allylic oxidation sites excluding steroid dienone is 2. The van der Waals surface area contributed by atoms with Gasteiger partial charge < -0.3 is 0 Å². The van der Waals surface area contributed by atoms with Crippen LogP contribution in [0.3, 0.4) is 0 Å². The highest BCUT2D eigenvalue weighted by Gasteiger charge is 2.04. The van der Waals surface area contributed by atoms with Crippen molar-refractivity contribution in [1.29, 1.82) is 0 Å². The van der Waals surface area contributed by atoms with E-state index in [1.807, 2.05) is 0 Å². The van der Waals surface area contributed by atoms with E-state index in [2.05, 4.69) is 6.92 Å². The van der Waals surface area contributed by atoms with Crippen molar-refractivity contribution in [3.05, 3.63) is 10.6 Å². The molecule has 0 N–H and O–H groups in total. The topological polar surface area (TPSA) is 0 Å². The molecule has 0 saturated heterocycles. The lowest BCUT2D eigenvalue weighted by Gasteiger charge is -2.10. The zero-order valence-corrected chi connectivity index (χ0v) is 5.96. The van der Waals surface area contributed by atoms with E-state index in [4.69, 9.17) is 11.6 Å². The van der Waals surface area contributed by atoms with Crippen LogP contribution in [0.1, 0.15) is 32.6 Å². The second-order valence-electron chi connectivity index (χ2n) is 2.39. The van der Waals surface area contributed by atoms with Gasteiger partial charge in [0.1, 0.15) is 0 Å². The Morgan fingerprint density at radius 2 is 1.88 bits per heavy atom. The number of rotatable bonds is 0. The van der Waals surface area contributed by atoms with Crippen LogP contribution in [0, 0.1) is 0 Å². The molecule has 0 heterocycles. The fourth-order valence-electron chi connectivity index (χ4n) is 1.02. The van der Waals surface area contributed by atoms with Crippen molar-refractivity contribution in [3.8, 4) is 0 Å². The van der Waals surface area contributed by atoms with Gasteiger partial charge in [-0.3, -0.25) is 0 Å². The SMILES string of the molecule is CC1=C(Cl)CCCC1. The van der Waals surface area contributed by atoms with Gasteiger partial charge in [-0.05, 0) is 32.6 Å². The van der Waals surface area contributed by atoms with E-state index in [1.165, 1.54) is 24.8 Å². The monoisotopic (exact) mass is 130 g/mol. The zero-order chi connectivity index (χ0) is 5.98. The second kappa shape index (κ2) is 2.54. The Balaban J connectivity index is 2.60. The maximum absolute atomic E-state index is 5.85. The molecule has 46 valence electrons. The summed E-state index contributed by atoms with van der Waals surface area (Å²) in [6, 6.07) is 0. The van der Waals surface area contributed by atoms with Crippen molar-refractivity contribution in [1.82, 2.24) is 0 Å². The molecule has 0 spiro atoms. The Labute approximate surface area is 55.5 Å². The molecule has 8 heavy (non-hydrogen) atoms. The third-order valence-corrected chi connectivity index (χ3v) is 2.17. The van der Waals surface area contributed by atoms with E-state index in [-0.39, 0.29) is 0 Å². The summed E-state index contributed by atoms with van der Waals surface area (Å²) >= 11 is 5.85. The Morgan fingerprint density at radius 1 is 1.25 bits per heavy atom. The Hall–Kier alpha value is 0.0300. The van der Waals surface area contributed by atoms with Gasteiger partial charge in [0.05, 0.1) is 0 Å². The summed E-state index contributed by atoms with van der Waals surface area (Å²) in [7, 11) is 0. The number of hydrogen-bond donors (Lipinski definition) is 0. The van der Waals surface area contributed by atoms with Crippen LogP contribution in [0.2, 0.25) is 0 Å². The molecule has 1 aliphatic rings. The van der Waals surface area contributed by atoms with Gasteiger partial charge in [0, 0.05) is 5.03 Å². The minimum absolute atomic E-state index is 1.11. The molecule has 0 aliphatic heterocycles. The number of hydrogen-bond acceptors (Lipinski definition) is 0. The number of halogens is 1. The lowest BCUT2D eigenvalue weighted by atomic mass is 10.0. The van der Waals surface area contributed by atoms with E-state index in [9.17, 15) is 0 Å². The predicted molar refractivity (Wildman–Crippen MR) is 37.0 cm³/mol. The van der Waals surface area contributed by atoms with Gasteiger partial charge in [-0.1, -0.05) is 17.2 Å². The molecular formula is C7H11Cl. The first-order chi connectivity index (χ1) is 3.80. The molecule has 1 heteroatoms. The quantitative estimate of drug-likeness (QED) is 0.473. The minimum atomic E-state index is 1.11. The van der Waals surface area contributed by atoms with E-state index in [0.717, 1.165) is 11.5 Å². The summed E-state index contributed by atoms with van der Waals surface area (Å²) < 4.78 is 0. The summed E-state index contributed by atoms with van der Waals surface area (Å²) in [5, 5.41) is 1.11. The van der Waals surface area contributed by atoms with Gasteiger partial charge in [-0.2, -0.15) is 0 Å². The average molecular weight is 131 g/mol. The zero-order valence-electron chi connectivity index (χ0n) is 5.21. The minimum Gasteiger partial charge on any atom is -0.0892 e. The average Bonchev–Trinajstić information content (AvgIpc) is 1.77. The summed E-state index contributed by atoms with van der Waals surface area (Å²) in [5.41, 5.74) is 1.40. The van der Waals surface area contributed by atoms with Crippen LogP contribution in [0.15, 0.2) is 10.6 Å². The van der Waals surface area contributed by atoms with Gasteiger partial charge in [-0.25, -0.2) is 0 Å². The summed E-state index contributed by atoms with van der Waals surface area (Å²) in [6.45, 7) is 2.13. The van der Waals surface area contributed by atoms with Gasteiger partial charge >= 0.3 is 0 Å². The molecule has 0 nitrogen and oxygen atoms in total. The van der Waals surface area contributed by atoms with E-state index in [1.54, 1.807) is 0 Å². The molecule has 0 aromatic carbocycles. The summed E-state index contributed by atoms with van der Waals surface area (Å²) in [6.07, 6.45) is 4.96. The van der Waals surface area contributed by atoms with Gasteiger partial charge in [0.25, 0.3) is 0 Å². The summed E-state index contributed by atoms with van der Waals surface area (Å²) in [5.74, 6) is 0. The van der Waals surface area contributed by atoms with Crippen LogP contribution >= 0.6 is 11.6 Å². The maximum atomic E-state index is 5.85. The molecule has 0 saturated carbocycles. The molecule has 1 aliphatic carbocycles. The highest BCUT2D eigenvalue weighted by Crippen LogP contribution is 2.26. The van der Waals surface area contributed by atoms with Crippen molar-refractivity contribution in [2.45, 2.75) is 32.6 Å². The van der Waals surface area contributed by atoms with Crippen LogP contribution in [0.25, 0.3) is 0 Å². The first kappa shape index (κ1) is 6.15. The van der Waals surface area contributed by atoms with Crippen molar-refractivity contribution < 1.29 is 0 Å². The van der Waals surface area contributed by atoms with Crippen molar-refractivity contribution in [2.75, 3.05) is 0 Å². The first-order valence-corrected chi connectivity index (χ1v) is 3.52. The van der Waals surface area contributed by atoms with Gasteiger partial charge in [0.15, 0.2) is 0 Å². The smallest absolute Gasteiger partial charge is 0.0170 e. The lowest BCUT2D eigenvalue weighted by molar-refractivity contribution is 0.693. The van der Waals surface area contributed by atoms with Gasteiger partial charge in [0.2, 0.25) is 0 Å². The maximum Gasteiger partial charge on any atom is 0.0170 e. The predicted octanol–water partition coefficient (Wildman–Crippen LogP) is 3.07. The second-order valence-corrected chi connectivity index (χ2v) is 2.85. The Bertz CT molecular complexity index is 99.6. The normalized spacial score (nSPS) is 21.8. The summed E-state index contributed by atoms with van der Waals surface area (Å²) in [4.78, 5) is 0. The van der Waals surface area contributed by atoms with Crippen molar-refractivity contribution in [2.24, 2.45) is 0 Å². The third kappa shape index (κ3) is 1.25. The van der Waals surface area contributed by atoms with E-state index < -0.39 is 0 Å². The highest BCUT2D eigenvalue weighted by molar-refractivity contribution is 6.29. The molecule has 0 atom stereocenters. The molecule has 1 rings (SSSR count). The Kier molecular flexibility index (Phi) is 1.95. The van der Waals surface area contributed by atoms with Crippen molar-refractivity contribution in [3.63, 3.8) is 0 Å². The molecule has 0 fully saturated rings. The van der Waals surface area contributed by atoms with Crippen LogP contribution < -0.4 is 0 Å².